The number of benzene rings is 2. The van der Waals surface area contributed by atoms with Crippen molar-refractivity contribution in [3.05, 3.63) is 53.1 Å². The molecule has 2 saturated heterocycles. The van der Waals surface area contributed by atoms with E-state index in [2.05, 4.69) is 10.6 Å². The molecular weight excluding hydrogens is 432 g/mol. The Morgan fingerprint density at radius 2 is 1.81 bits per heavy atom. The average Bonchev–Trinajstić information content (AvgIpc) is 3.27. The topological polar surface area (TPSA) is 91.0 Å². The Morgan fingerprint density at radius 3 is 2.53 bits per heavy atom. The summed E-state index contributed by atoms with van der Waals surface area (Å²) in [4.78, 5) is 41.0. The predicted molar refractivity (Wildman–Crippen MR) is 123 cm³/mol. The fourth-order valence-corrected chi connectivity index (χ4v) is 4.17. The van der Waals surface area contributed by atoms with Gasteiger partial charge in [-0.25, -0.2) is 4.79 Å². The van der Waals surface area contributed by atoms with E-state index in [9.17, 15) is 14.4 Å². The lowest BCUT2D eigenvalue weighted by molar-refractivity contribution is -0.125. The highest BCUT2D eigenvalue weighted by molar-refractivity contribution is 6.30. The minimum absolute atomic E-state index is 0.0769. The highest BCUT2D eigenvalue weighted by atomic mass is 35.5. The molecule has 0 radical (unpaired) electrons. The monoisotopic (exact) mass is 456 g/mol. The van der Waals surface area contributed by atoms with Crippen LogP contribution in [0.1, 0.15) is 18.4 Å². The zero-order chi connectivity index (χ0) is 22.7. The van der Waals surface area contributed by atoms with E-state index in [4.69, 9.17) is 16.3 Å². The van der Waals surface area contributed by atoms with Gasteiger partial charge >= 0.3 is 6.03 Å². The zero-order valence-electron chi connectivity index (χ0n) is 17.8. The third kappa shape index (κ3) is 4.87. The van der Waals surface area contributed by atoms with Crippen LogP contribution in [0.4, 0.5) is 21.9 Å². The van der Waals surface area contributed by atoms with Gasteiger partial charge in [-0.3, -0.25) is 9.59 Å². The Morgan fingerprint density at radius 1 is 1.06 bits per heavy atom. The number of likely N-dealkylation sites (tertiary alicyclic amines) is 1. The Labute approximate surface area is 191 Å². The van der Waals surface area contributed by atoms with Crippen LogP contribution in [0.5, 0.6) is 0 Å². The molecule has 0 aliphatic carbocycles. The molecule has 2 aromatic rings. The molecule has 2 aliphatic rings. The van der Waals surface area contributed by atoms with E-state index in [1.165, 1.54) is 0 Å². The molecule has 2 heterocycles. The number of hydrogen-bond acceptors (Lipinski definition) is 4. The van der Waals surface area contributed by atoms with Crippen molar-refractivity contribution in [1.29, 1.82) is 0 Å². The zero-order valence-corrected chi connectivity index (χ0v) is 18.5. The summed E-state index contributed by atoms with van der Waals surface area (Å²) in [6.45, 7) is 3.49. The van der Waals surface area contributed by atoms with Gasteiger partial charge in [0.05, 0.1) is 6.61 Å². The number of ether oxygens (including phenoxy) is 1. The second-order valence-electron chi connectivity index (χ2n) is 7.88. The minimum Gasteiger partial charge on any atom is -0.370 e. The molecule has 168 valence electrons. The van der Waals surface area contributed by atoms with E-state index < -0.39 is 6.04 Å². The summed E-state index contributed by atoms with van der Waals surface area (Å²) in [7, 11) is 0. The van der Waals surface area contributed by atoms with Gasteiger partial charge in [0.25, 0.3) is 5.91 Å². The number of amides is 4. The molecule has 2 N–H and O–H groups in total. The molecule has 2 fully saturated rings. The number of aryl methyl sites for hydroxylation is 1. The molecule has 0 unspecified atom stereocenters. The maximum atomic E-state index is 12.9. The lowest BCUT2D eigenvalue weighted by Crippen LogP contribution is -2.45. The van der Waals surface area contributed by atoms with Crippen molar-refractivity contribution in [2.45, 2.75) is 25.8 Å². The molecular formula is C23H25ClN4O4. The van der Waals surface area contributed by atoms with Gasteiger partial charge in [-0.2, -0.15) is 0 Å². The summed E-state index contributed by atoms with van der Waals surface area (Å²) >= 11 is 5.89. The molecule has 0 saturated carbocycles. The van der Waals surface area contributed by atoms with Gasteiger partial charge in [-0.1, -0.05) is 11.6 Å². The standard InChI is InChI=1S/C23H25ClN4O4/c1-15-13-18(8-9-19(15)27-11-12-32-14-21(27)29)25-22(30)20-3-2-10-28(20)23(31)26-17-6-4-16(24)5-7-17/h4-9,13,20H,2-3,10-12,14H2,1H3,(H,25,30)(H,26,31)/t20-/m0/s1. The van der Waals surface area contributed by atoms with E-state index in [0.29, 0.717) is 42.5 Å². The number of carbonyl (C=O) groups excluding carboxylic acids is 3. The summed E-state index contributed by atoms with van der Waals surface area (Å²) in [5.41, 5.74) is 2.93. The van der Waals surface area contributed by atoms with Crippen LogP contribution in [0.25, 0.3) is 0 Å². The fraction of sp³-hybridized carbons (Fsp3) is 0.348. The molecule has 4 rings (SSSR count). The first-order valence-electron chi connectivity index (χ1n) is 10.6. The van der Waals surface area contributed by atoms with Crippen molar-refractivity contribution in [2.75, 3.05) is 41.8 Å². The molecule has 32 heavy (non-hydrogen) atoms. The number of halogens is 1. The van der Waals surface area contributed by atoms with Crippen molar-refractivity contribution in [2.24, 2.45) is 0 Å². The first-order chi connectivity index (χ1) is 15.4. The smallest absolute Gasteiger partial charge is 0.322 e. The second kappa shape index (κ2) is 9.58. The molecule has 2 aliphatic heterocycles. The fourth-order valence-electron chi connectivity index (χ4n) is 4.05. The molecule has 0 aromatic heterocycles. The van der Waals surface area contributed by atoms with Gasteiger partial charge in [-0.05, 0) is 67.8 Å². The maximum absolute atomic E-state index is 12.9. The molecule has 0 spiro atoms. The average molecular weight is 457 g/mol. The van der Waals surface area contributed by atoms with Crippen molar-refractivity contribution < 1.29 is 19.1 Å². The van der Waals surface area contributed by atoms with E-state index in [-0.39, 0.29) is 24.5 Å². The normalized spacial score (nSPS) is 18.6. The van der Waals surface area contributed by atoms with E-state index in [0.717, 1.165) is 17.7 Å². The predicted octanol–water partition coefficient (Wildman–Crippen LogP) is 3.65. The summed E-state index contributed by atoms with van der Waals surface area (Å²) in [6, 6.07) is 11.4. The van der Waals surface area contributed by atoms with E-state index >= 15 is 0 Å². The van der Waals surface area contributed by atoms with Crippen molar-refractivity contribution in [3.8, 4) is 0 Å². The molecule has 0 bridgehead atoms. The molecule has 9 heteroatoms. The molecule has 1 atom stereocenters. The van der Waals surface area contributed by atoms with Crippen LogP contribution in [0.3, 0.4) is 0 Å². The van der Waals surface area contributed by atoms with Crippen LogP contribution in [0.2, 0.25) is 5.02 Å². The first kappa shape index (κ1) is 22.1. The van der Waals surface area contributed by atoms with Crippen molar-refractivity contribution in [3.63, 3.8) is 0 Å². The summed E-state index contributed by atoms with van der Waals surface area (Å²) in [5.74, 6) is -0.312. The molecule has 4 amide bonds. The second-order valence-corrected chi connectivity index (χ2v) is 8.31. The quantitative estimate of drug-likeness (QED) is 0.734. The summed E-state index contributed by atoms with van der Waals surface area (Å²) in [6.07, 6.45) is 1.35. The van der Waals surface area contributed by atoms with Gasteiger partial charge in [-0.15, -0.1) is 0 Å². The van der Waals surface area contributed by atoms with Crippen LogP contribution >= 0.6 is 11.6 Å². The Bertz CT molecular complexity index is 1030. The highest BCUT2D eigenvalue weighted by Gasteiger charge is 2.34. The third-order valence-corrected chi connectivity index (χ3v) is 5.90. The van der Waals surface area contributed by atoms with Gasteiger partial charge in [0.1, 0.15) is 12.6 Å². The molecule has 8 nitrogen and oxygen atoms in total. The van der Waals surface area contributed by atoms with Crippen LogP contribution in [0.15, 0.2) is 42.5 Å². The van der Waals surface area contributed by atoms with Gasteiger partial charge < -0.3 is 25.2 Å². The van der Waals surface area contributed by atoms with Crippen LogP contribution in [-0.2, 0) is 14.3 Å². The lowest BCUT2D eigenvalue weighted by Gasteiger charge is -2.28. The Hall–Kier alpha value is -3.10. The SMILES string of the molecule is Cc1cc(NC(=O)[C@@H]2CCCN2C(=O)Nc2ccc(Cl)cc2)ccc1N1CCOCC1=O. The van der Waals surface area contributed by atoms with Crippen molar-refractivity contribution in [1.82, 2.24) is 4.90 Å². The van der Waals surface area contributed by atoms with Crippen LogP contribution < -0.4 is 15.5 Å². The number of morpholine rings is 1. The lowest BCUT2D eigenvalue weighted by atomic mass is 10.1. The number of anilines is 3. The summed E-state index contributed by atoms with van der Waals surface area (Å²) < 4.78 is 5.19. The number of carbonyl (C=O) groups is 3. The largest absolute Gasteiger partial charge is 0.370 e. The molecule has 2 aromatic carbocycles. The number of hydrogen-bond donors (Lipinski definition) is 2. The van der Waals surface area contributed by atoms with E-state index in [1.54, 1.807) is 40.1 Å². The number of rotatable bonds is 4. The number of urea groups is 1. The summed E-state index contributed by atoms with van der Waals surface area (Å²) in [5, 5.41) is 6.32. The number of nitrogens with zero attached hydrogens (tertiary/aromatic N) is 2. The van der Waals surface area contributed by atoms with Crippen molar-refractivity contribution >= 4 is 46.5 Å². The van der Waals surface area contributed by atoms with E-state index in [1.807, 2.05) is 19.1 Å². The Balaban J connectivity index is 1.41. The van der Waals surface area contributed by atoms with Crippen LogP contribution in [0, 0.1) is 6.92 Å². The third-order valence-electron chi connectivity index (χ3n) is 5.65. The first-order valence-corrected chi connectivity index (χ1v) is 10.9. The minimum atomic E-state index is -0.553. The highest BCUT2D eigenvalue weighted by Crippen LogP contribution is 2.26. The van der Waals surface area contributed by atoms with Gasteiger partial charge in [0, 0.05) is 35.2 Å². The van der Waals surface area contributed by atoms with Crippen LogP contribution in [-0.4, -0.2) is 55.1 Å². The Kier molecular flexibility index (Phi) is 6.62. The number of nitrogens with one attached hydrogen (secondary N) is 2. The van der Waals surface area contributed by atoms with Gasteiger partial charge in [0.15, 0.2) is 0 Å². The maximum Gasteiger partial charge on any atom is 0.322 e. The van der Waals surface area contributed by atoms with Gasteiger partial charge in [0.2, 0.25) is 5.91 Å².